The van der Waals surface area contributed by atoms with Crippen molar-refractivity contribution < 1.29 is 24.2 Å². The number of unbranched alkanes of at least 4 members (excludes halogenated alkanes) is 4. The summed E-state index contributed by atoms with van der Waals surface area (Å²) in [6.45, 7) is 7.16. The van der Waals surface area contributed by atoms with Gasteiger partial charge in [0.05, 0.1) is 17.4 Å². The molecule has 198 valence electrons. The topological polar surface area (TPSA) is 108 Å². The standard InChI is InChI=1S/C28H41N3O5/c1-4-5-10-15-29-25(34)23-28-18-19(2)27(3,36-28)21(24(33)30-20-13-8-6-9-14-20)22(28)26(35)31(23)16-11-7-12-17-32/h6,8-9,13-14,19,21-23,32H,4-5,7,10-12,15-18H2,1-3H3,(H,29,34)(H,30,33)/t19?,21-,22+,23?,27+,28?/m1/s1. The molecule has 3 N–H and O–H groups in total. The maximum absolute atomic E-state index is 14.0. The predicted octanol–water partition coefficient (Wildman–Crippen LogP) is 3.10. The number of amides is 3. The van der Waals surface area contributed by atoms with Crippen LogP contribution in [0, 0.1) is 17.8 Å². The lowest BCUT2D eigenvalue weighted by Gasteiger charge is -2.36. The predicted molar refractivity (Wildman–Crippen MR) is 137 cm³/mol. The maximum atomic E-state index is 14.0. The summed E-state index contributed by atoms with van der Waals surface area (Å²) < 4.78 is 6.72. The summed E-state index contributed by atoms with van der Waals surface area (Å²) in [5, 5.41) is 15.2. The molecule has 0 aromatic heterocycles. The first-order valence-electron chi connectivity index (χ1n) is 13.5. The summed E-state index contributed by atoms with van der Waals surface area (Å²) in [6.07, 6.45) is 5.62. The number of likely N-dealkylation sites (tertiary alicyclic amines) is 1. The Hall–Kier alpha value is -2.45. The van der Waals surface area contributed by atoms with Gasteiger partial charge in [0.1, 0.15) is 11.6 Å². The number of nitrogens with one attached hydrogen (secondary N) is 2. The number of hydrogen-bond donors (Lipinski definition) is 3. The van der Waals surface area contributed by atoms with Crippen LogP contribution in [0.1, 0.15) is 65.7 Å². The minimum atomic E-state index is -1.02. The fourth-order valence-corrected chi connectivity index (χ4v) is 6.68. The van der Waals surface area contributed by atoms with Gasteiger partial charge in [0.25, 0.3) is 0 Å². The Labute approximate surface area is 214 Å². The third-order valence-corrected chi connectivity index (χ3v) is 8.52. The minimum absolute atomic E-state index is 0.0119. The molecule has 1 aromatic rings. The summed E-state index contributed by atoms with van der Waals surface area (Å²) in [5.41, 5.74) is -1.18. The van der Waals surface area contributed by atoms with Crippen LogP contribution in [0.4, 0.5) is 5.69 Å². The van der Waals surface area contributed by atoms with Crippen molar-refractivity contribution in [1.82, 2.24) is 10.2 Å². The monoisotopic (exact) mass is 499 g/mol. The van der Waals surface area contributed by atoms with Crippen LogP contribution in [0.5, 0.6) is 0 Å². The van der Waals surface area contributed by atoms with Crippen LogP contribution < -0.4 is 10.6 Å². The van der Waals surface area contributed by atoms with Gasteiger partial charge >= 0.3 is 0 Å². The Morgan fingerprint density at radius 3 is 2.56 bits per heavy atom. The highest BCUT2D eigenvalue weighted by Gasteiger charge is 2.79. The van der Waals surface area contributed by atoms with Crippen LogP contribution in [0.15, 0.2) is 30.3 Å². The number of aliphatic hydroxyl groups is 1. The lowest BCUT2D eigenvalue weighted by Crippen LogP contribution is -2.55. The van der Waals surface area contributed by atoms with E-state index in [1.54, 1.807) is 4.90 Å². The first-order valence-corrected chi connectivity index (χ1v) is 13.5. The molecule has 3 unspecified atom stereocenters. The molecule has 1 spiro atoms. The second kappa shape index (κ2) is 10.9. The molecular weight excluding hydrogens is 458 g/mol. The number of carbonyl (C=O) groups is 3. The van der Waals surface area contributed by atoms with E-state index in [1.807, 2.05) is 37.3 Å². The van der Waals surface area contributed by atoms with E-state index in [4.69, 9.17) is 4.74 Å². The van der Waals surface area contributed by atoms with Crippen LogP contribution in [-0.2, 0) is 19.1 Å². The second-order valence-electron chi connectivity index (χ2n) is 10.9. The van der Waals surface area contributed by atoms with E-state index in [0.717, 1.165) is 25.7 Å². The second-order valence-corrected chi connectivity index (χ2v) is 10.9. The van der Waals surface area contributed by atoms with Gasteiger partial charge < -0.3 is 25.4 Å². The number of fused-ring (bicyclic) bond motifs is 1. The summed E-state index contributed by atoms with van der Waals surface area (Å²) in [4.78, 5) is 43.0. The number of hydrogen-bond acceptors (Lipinski definition) is 5. The van der Waals surface area contributed by atoms with Crippen molar-refractivity contribution in [3.63, 3.8) is 0 Å². The van der Waals surface area contributed by atoms with Crippen molar-refractivity contribution in [2.45, 2.75) is 83.0 Å². The molecule has 0 radical (unpaired) electrons. The molecular formula is C28H41N3O5. The molecule has 1 aromatic carbocycles. The lowest BCUT2D eigenvalue weighted by atomic mass is 9.62. The number of rotatable bonds is 12. The number of carbonyl (C=O) groups excluding carboxylic acids is 3. The largest absolute Gasteiger partial charge is 0.396 e. The fourth-order valence-electron chi connectivity index (χ4n) is 6.68. The molecule has 6 atom stereocenters. The lowest BCUT2D eigenvalue weighted by molar-refractivity contribution is -0.146. The molecule has 3 aliphatic heterocycles. The van der Waals surface area contributed by atoms with Crippen LogP contribution in [0.3, 0.4) is 0 Å². The van der Waals surface area contributed by atoms with Gasteiger partial charge in [0.15, 0.2) is 0 Å². The van der Waals surface area contributed by atoms with Crippen molar-refractivity contribution in [2.75, 3.05) is 25.0 Å². The molecule has 2 bridgehead atoms. The molecule has 0 saturated carbocycles. The van der Waals surface area contributed by atoms with Gasteiger partial charge in [-0.05, 0) is 57.1 Å². The van der Waals surface area contributed by atoms with E-state index in [2.05, 4.69) is 24.5 Å². The number of aliphatic hydroxyl groups excluding tert-OH is 1. The van der Waals surface area contributed by atoms with E-state index in [-0.39, 0.29) is 30.2 Å². The van der Waals surface area contributed by atoms with Crippen molar-refractivity contribution in [1.29, 1.82) is 0 Å². The summed E-state index contributed by atoms with van der Waals surface area (Å²) >= 11 is 0. The van der Waals surface area contributed by atoms with E-state index in [1.165, 1.54) is 0 Å². The van der Waals surface area contributed by atoms with Crippen molar-refractivity contribution in [3.05, 3.63) is 30.3 Å². The molecule has 0 aliphatic carbocycles. The van der Waals surface area contributed by atoms with Crippen molar-refractivity contribution >= 4 is 23.4 Å². The first kappa shape index (κ1) is 26.6. The van der Waals surface area contributed by atoms with Gasteiger partial charge in [-0.2, -0.15) is 0 Å². The van der Waals surface area contributed by atoms with Gasteiger partial charge in [0, 0.05) is 25.4 Å². The Bertz CT molecular complexity index is 956. The number of anilines is 1. The number of ether oxygens (including phenoxy) is 1. The van der Waals surface area contributed by atoms with E-state index in [9.17, 15) is 19.5 Å². The zero-order valence-electron chi connectivity index (χ0n) is 21.8. The highest BCUT2D eigenvalue weighted by Crippen LogP contribution is 2.65. The van der Waals surface area contributed by atoms with E-state index < -0.39 is 29.1 Å². The van der Waals surface area contributed by atoms with Crippen LogP contribution in [-0.4, -0.2) is 64.7 Å². The first-order chi connectivity index (χ1) is 17.3. The van der Waals surface area contributed by atoms with Crippen LogP contribution >= 0.6 is 0 Å². The maximum Gasteiger partial charge on any atom is 0.245 e. The van der Waals surface area contributed by atoms with Crippen molar-refractivity contribution in [3.8, 4) is 0 Å². The summed E-state index contributed by atoms with van der Waals surface area (Å²) in [5.74, 6) is -1.97. The Morgan fingerprint density at radius 1 is 1.11 bits per heavy atom. The minimum Gasteiger partial charge on any atom is -0.396 e. The molecule has 8 heteroatoms. The average molecular weight is 500 g/mol. The van der Waals surface area contributed by atoms with Gasteiger partial charge in [-0.15, -0.1) is 0 Å². The number of para-hydroxylation sites is 1. The fraction of sp³-hybridized carbons (Fsp3) is 0.679. The van der Waals surface area contributed by atoms with Gasteiger partial charge in [-0.25, -0.2) is 0 Å². The average Bonchev–Trinajstić information content (AvgIpc) is 3.37. The van der Waals surface area contributed by atoms with Crippen LogP contribution in [0.2, 0.25) is 0 Å². The van der Waals surface area contributed by atoms with E-state index in [0.29, 0.717) is 38.0 Å². The summed E-state index contributed by atoms with van der Waals surface area (Å²) in [6, 6.07) is 8.48. The number of benzene rings is 1. The highest BCUT2D eigenvalue weighted by molar-refractivity contribution is 6.02. The third kappa shape index (κ3) is 4.54. The zero-order valence-corrected chi connectivity index (χ0v) is 21.8. The Kier molecular flexibility index (Phi) is 8.05. The van der Waals surface area contributed by atoms with Gasteiger partial charge in [0.2, 0.25) is 17.7 Å². The molecule has 4 rings (SSSR count). The smallest absolute Gasteiger partial charge is 0.245 e. The SMILES string of the molecule is CCCCCNC(=O)C1N(CCCCCO)C(=O)[C@@H]2[C@H](C(=O)Nc3ccccc3)[C@@]3(C)OC12CC3C. The van der Waals surface area contributed by atoms with Gasteiger partial charge in [-0.3, -0.25) is 14.4 Å². The molecule has 3 saturated heterocycles. The normalized spacial score (nSPS) is 32.6. The van der Waals surface area contributed by atoms with Gasteiger partial charge in [-0.1, -0.05) is 44.9 Å². The molecule has 3 amide bonds. The van der Waals surface area contributed by atoms with E-state index >= 15 is 0 Å². The molecule has 36 heavy (non-hydrogen) atoms. The number of nitrogens with zero attached hydrogens (tertiary/aromatic N) is 1. The molecule has 3 fully saturated rings. The third-order valence-electron chi connectivity index (χ3n) is 8.52. The molecule has 3 aliphatic rings. The Balaban J connectivity index is 1.64. The quantitative estimate of drug-likeness (QED) is 0.383. The Morgan fingerprint density at radius 2 is 1.86 bits per heavy atom. The molecule has 8 nitrogen and oxygen atoms in total. The van der Waals surface area contributed by atoms with Crippen molar-refractivity contribution in [2.24, 2.45) is 17.8 Å². The zero-order chi connectivity index (χ0) is 25.9. The summed E-state index contributed by atoms with van der Waals surface area (Å²) in [7, 11) is 0. The molecule has 3 heterocycles. The highest BCUT2D eigenvalue weighted by atomic mass is 16.5. The van der Waals surface area contributed by atoms with Crippen LogP contribution in [0.25, 0.3) is 0 Å².